The van der Waals surface area contributed by atoms with Crippen LogP contribution in [-0.2, 0) is 28.9 Å². The van der Waals surface area contributed by atoms with Gasteiger partial charge in [-0.25, -0.2) is 4.98 Å². The minimum absolute atomic E-state index is 0.0959. The summed E-state index contributed by atoms with van der Waals surface area (Å²) in [6, 6.07) is 11.9. The molecule has 0 spiro atoms. The molecule has 0 aliphatic rings. The van der Waals surface area contributed by atoms with Crippen molar-refractivity contribution >= 4 is 0 Å². The summed E-state index contributed by atoms with van der Waals surface area (Å²) in [7, 11) is 3.16. The van der Waals surface area contributed by atoms with Crippen LogP contribution in [-0.4, -0.2) is 37.9 Å². The maximum absolute atomic E-state index is 9.63. The number of ether oxygens (including phenoxy) is 4. The summed E-state index contributed by atoms with van der Waals surface area (Å²) < 4.78 is 27.7. The van der Waals surface area contributed by atoms with E-state index in [1.165, 1.54) is 6.39 Å². The number of methoxy groups -OCH3 is 2. The molecule has 0 radical (unpaired) electrons. The Morgan fingerprint density at radius 3 is 2.30 bits per heavy atom. The lowest BCUT2D eigenvalue weighted by Crippen LogP contribution is -2.09. The van der Waals surface area contributed by atoms with Gasteiger partial charge in [0.05, 0.1) is 6.61 Å². The number of aromatic nitrogens is 1. The van der Waals surface area contributed by atoms with Crippen molar-refractivity contribution in [2.45, 2.75) is 26.4 Å². The number of aliphatic hydroxyl groups excluding tert-OH is 1. The van der Waals surface area contributed by atoms with E-state index in [-0.39, 0.29) is 20.2 Å². The van der Waals surface area contributed by atoms with E-state index in [1.54, 1.807) is 14.2 Å². The highest BCUT2D eigenvalue weighted by atomic mass is 16.7. The number of oxazole rings is 1. The highest BCUT2D eigenvalue weighted by molar-refractivity contribution is 5.77. The van der Waals surface area contributed by atoms with Crippen LogP contribution in [0.25, 0.3) is 11.1 Å². The summed E-state index contributed by atoms with van der Waals surface area (Å²) in [6.07, 6.45) is 2.50. The average Bonchev–Trinajstić information content (AvgIpc) is 3.23. The van der Waals surface area contributed by atoms with E-state index in [0.29, 0.717) is 29.4 Å². The molecule has 1 aromatic heterocycles. The van der Waals surface area contributed by atoms with Gasteiger partial charge in [0.25, 0.3) is 0 Å². The molecule has 0 unspecified atom stereocenters. The molecule has 0 bridgehead atoms. The maximum atomic E-state index is 9.63. The number of hydrogen-bond donors (Lipinski definition) is 1. The Morgan fingerprint density at radius 2 is 1.67 bits per heavy atom. The quantitative estimate of drug-likeness (QED) is 0.477. The third-order valence-electron chi connectivity index (χ3n) is 4.77. The molecular weight excluding hydrogens is 386 g/mol. The van der Waals surface area contributed by atoms with Crippen molar-refractivity contribution in [1.82, 2.24) is 4.98 Å². The molecule has 0 saturated heterocycles. The number of rotatable bonds is 11. The standard InChI is InChI=1S/C23H27NO6/c1-4-17-18(10-21-19(12-25)24-13-28-21)23(16-8-6-5-7-9-16)22(30-15-27-3)11-20(17)29-14-26-2/h5-9,11,13,25H,4,10,12,14-15H2,1-3H3. The van der Waals surface area contributed by atoms with Gasteiger partial charge in [-0.3, -0.25) is 0 Å². The Hall–Kier alpha value is -2.87. The molecule has 0 aliphatic heterocycles. The van der Waals surface area contributed by atoms with E-state index < -0.39 is 0 Å². The number of nitrogens with zero attached hydrogens (tertiary/aromatic N) is 1. The Balaban J connectivity index is 2.24. The molecule has 0 fully saturated rings. The normalized spacial score (nSPS) is 10.9. The zero-order chi connectivity index (χ0) is 21.3. The molecular formula is C23H27NO6. The van der Waals surface area contributed by atoms with E-state index in [4.69, 9.17) is 23.4 Å². The molecule has 1 heterocycles. The molecule has 0 atom stereocenters. The van der Waals surface area contributed by atoms with E-state index in [2.05, 4.69) is 11.9 Å². The zero-order valence-electron chi connectivity index (χ0n) is 17.5. The van der Waals surface area contributed by atoms with Gasteiger partial charge in [-0.15, -0.1) is 0 Å². The fourth-order valence-corrected chi connectivity index (χ4v) is 3.44. The summed E-state index contributed by atoms with van der Waals surface area (Å²) in [5.41, 5.74) is 4.43. The number of benzene rings is 2. The van der Waals surface area contributed by atoms with Gasteiger partial charge in [0, 0.05) is 32.3 Å². The molecule has 2 aromatic carbocycles. The van der Waals surface area contributed by atoms with Gasteiger partial charge >= 0.3 is 0 Å². The third-order valence-corrected chi connectivity index (χ3v) is 4.77. The van der Waals surface area contributed by atoms with Crippen LogP contribution in [0.2, 0.25) is 0 Å². The second-order valence-corrected chi connectivity index (χ2v) is 6.58. The predicted molar refractivity (Wildman–Crippen MR) is 111 cm³/mol. The first kappa shape index (κ1) is 21.8. The Bertz CT molecular complexity index is 938. The summed E-state index contributed by atoms with van der Waals surface area (Å²) in [4.78, 5) is 4.11. The van der Waals surface area contributed by atoms with E-state index in [0.717, 1.165) is 28.7 Å². The van der Waals surface area contributed by atoms with Crippen molar-refractivity contribution in [2.24, 2.45) is 0 Å². The van der Waals surface area contributed by atoms with Crippen LogP contribution in [0, 0.1) is 0 Å². The third kappa shape index (κ3) is 4.81. The fourth-order valence-electron chi connectivity index (χ4n) is 3.44. The van der Waals surface area contributed by atoms with Crippen LogP contribution in [0.3, 0.4) is 0 Å². The van der Waals surface area contributed by atoms with Crippen molar-refractivity contribution in [3.05, 3.63) is 65.4 Å². The zero-order valence-corrected chi connectivity index (χ0v) is 17.5. The Morgan fingerprint density at radius 1 is 0.967 bits per heavy atom. The lowest BCUT2D eigenvalue weighted by molar-refractivity contribution is 0.0458. The van der Waals surface area contributed by atoms with Gasteiger partial charge in [0.1, 0.15) is 23.0 Å². The molecule has 160 valence electrons. The van der Waals surface area contributed by atoms with Crippen LogP contribution < -0.4 is 9.47 Å². The summed E-state index contributed by atoms with van der Waals surface area (Å²) in [6.45, 7) is 2.08. The summed E-state index contributed by atoms with van der Waals surface area (Å²) >= 11 is 0. The van der Waals surface area contributed by atoms with Gasteiger partial charge in [0.2, 0.25) is 0 Å². The lowest BCUT2D eigenvalue weighted by Gasteiger charge is -2.22. The molecule has 7 nitrogen and oxygen atoms in total. The van der Waals surface area contributed by atoms with E-state index >= 15 is 0 Å². The fraction of sp³-hybridized carbons (Fsp3) is 0.348. The van der Waals surface area contributed by atoms with Gasteiger partial charge in [0.15, 0.2) is 20.0 Å². The van der Waals surface area contributed by atoms with Crippen molar-refractivity contribution < 1.29 is 28.5 Å². The van der Waals surface area contributed by atoms with Crippen LogP contribution in [0.4, 0.5) is 0 Å². The largest absolute Gasteiger partial charge is 0.467 e. The minimum Gasteiger partial charge on any atom is -0.467 e. The van der Waals surface area contributed by atoms with Crippen LogP contribution in [0.5, 0.6) is 11.5 Å². The molecule has 3 aromatic rings. The highest BCUT2D eigenvalue weighted by Crippen LogP contribution is 2.42. The van der Waals surface area contributed by atoms with Crippen LogP contribution in [0.1, 0.15) is 29.5 Å². The maximum Gasteiger partial charge on any atom is 0.188 e. The summed E-state index contributed by atoms with van der Waals surface area (Å²) in [5.74, 6) is 1.91. The molecule has 3 rings (SSSR count). The second kappa shape index (κ2) is 10.8. The molecule has 0 amide bonds. The monoisotopic (exact) mass is 413 g/mol. The first-order chi connectivity index (χ1) is 14.7. The highest BCUT2D eigenvalue weighted by Gasteiger charge is 2.23. The molecule has 0 aliphatic carbocycles. The first-order valence-electron chi connectivity index (χ1n) is 9.73. The molecule has 0 saturated carbocycles. The Labute approximate surface area is 176 Å². The predicted octanol–water partition coefficient (Wildman–Crippen LogP) is 3.95. The summed E-state index contributed by atoms with van der Waals surface area (Å²) in [5, 5.41) is 9.63. The molecule has 30 heavy (non-hydrogen) atoms. The average molecular weight is 413 g/mol. The smallest absolute Gasteiger partial charge is 0.188 e. The van der Waals surface area contributed by atoms with Gasteiger partial charge in [-0.1, -0.05) is 37.3 Å². The van der Waals surface area contributed by atoms with Crippen molar-refractivity contribution in [3.63, 3.8) is 0 Å². The van der Waals surface area contributed by atoms with Gasteiger partial charge in [-0.2, -0.15) is 0 Å². The lowest BCUT2D eigenvalue weighted by atomic mass is 9.89. The SMILES string of the molecule is CCc1c(OCOC)cc(OCOC)c(-c2ccccc2)c1Cc1ocnc1CO. The van der Waals surface area contributed by atoms with Crippen molar-refractivity contribution in [3.8, 4) is 22.6 Å². The van der Waals surface area contributed by atoms with E-state index in [1.807, 2.05) is 36.4 Å². The molecule has 7 heteroatoms. The Kier molecular flexibility index (Phi) is 7.84. The van der Waals surface area contributed by atoms with Gasteiger partial charge in [-0.05, 0) is 23.1 Å². The van der Waals surface area contributed by atoms with Gasteiger partial charge < -0.3 is 28.5 Å². The molecule has 1 N–H and O–H groups in total. The van der Waals surface area contributed by atoms with Crippen molar-refractivity contribution in [2.75, 3.05) is 27.8 Å². The van der Waals surface area contributed by atoms with Crippen LogP contribution >= 0.6 is 0 Å². The topological polar surface area (TPSA) is 83.2 Å². The van der Waals surface area contributed by atoms with Crippen LogP contribution in [0.15, 0.2) is 47.2 Å². The number of aliphatic hydroxyl groups is 1. The second-order valence-electron chi connectivity index (χ2n) is 6.58. The minimum atomic E-state index is -0.194. The van der Waals surface area contributed by atoms with Crippen molar-refractivity contribution in [1.29, 1.82) is 0 Å². The number of hydrogen-bond acceptors (Lipinski definition) is 7. The first-order valence-corrected chi connectivity index (χ1v) is 9.73. The van der Waals surface area contributed by atoms with E-state index in [9.17, 15) is 5.11 Å².